The molecule has 0 heterocycles. The van der Waals surface area contributed by atoms with E-state index in [1.54, 1.807) is 37.3 Å². The van der Waals surface area contributed by atoms with Crippen molar-refractivity contribution in [1.29, 1.82) is 0 Å². The second kappa shape index (κ2) is 11.2. The Balaban J connectivity index is 1.86. The van der Waals surface area contributed by atoms with Crippen molar-refractivity contribution < 1.29 is 17.9 Å². The van der Waals surface area contributed by atoms with Crippen LogP contribution in [0.4, 0.5) is 5.69 Å². The first-order valence-corrected chi connectivity index (χ1v) is 12.8. The van der Waals surface area contributed by atoms with Crippen molar-refractivity contribution >= 4 is 27.3 Å². The summed E-state index contributed by atoms with van der Waals surface area (Å²) in [5.41, 5.74) is 7.03. The minimum absolute atomic E-state index is 0.116. The lowest BCUT2D eigenvalue weighted by atomic mass is 10.1. The molecule has 0 aliphatic rings. The predicted octanol–water partition coefficient (Wildman–Crippen LogP) is 4.75. The number of benzene rings is 3. The number of hydrogen-bond donors (Lipinski definition) is 1. The van der Waals surface area contributed by atoms with E-state index in [0.29, 0.717) is 18.0 Å². The number of nitrogens with zero attached hydrogens (tertiary/aromatic N) is 2. The van der Waals surface area contributed by atoms with E-state index in [-0.39, 0.29) is 4.90 Å². The molecule has 7 nitrogen and oxygen atoms in total. The van der Waals surface area contributed by atoms with Crippen LogP contribution in [-0.2, 0) is 14.8 Å². The molecule has 0 fully saturated rings. The van der Waals surface area contributed by atoms with E-state index in [1.807, 2.05) is 64.1 Å². The zero-order valence-corrected chi connectivity index (χ0v) is 21.5. The molecule has 8 heteroatoms. The number of ether oxygens (including phenoxy) is 1. The van der Waals surface area contributed by atoms with Gasteiger partial charge in [-0.2, -0.15) is 5.10 Å². The van der Waals surface area contributed by atoms with Crippen LogP contribution in [0, 0.1) is 20.8 Å². The number of hydrogen-bond acceptors (Lipinski definition) is 5. The number of aryl methyl sites for hydroxylation is 3. The van der Waals surface area contributed by atoms with Crippen molar-refractivity contribution in [3.63, 3.8) is 0 Å². The van der Waals surface area contributed by atoms with Crippen LogP contribution in [0.2, 0.25) is 0 Å². The number of carbonyl (C=O) groups excluding carboxylic acids is 1. The summed E-state index contributed by atoms with van der Waals surface area (Å²) < 4.78 is 33.7. The molecule has 1 N–H and O–H groups in total. The Morgan fingerprint density at radius 2 is 1.57 bits per heavy atom. The molecule has 184 valence electrons. The van der Waals surface area contributed by atoms with E-state index in [9.17, 15) is 13.2 Å². The van der Waals surface area contributed by atoms with Crippen LogP contribution in [0.3, 0.4) is 0 Å². The van der Waals surface area contributed by atoms with Gasteiger partial charge in [0.25, 0.3) is 15.9 Å². The van der Waals surface area contributed by atoms with Gasteiger partial charge in [0.15, 0.2) is 0 Å². The van der Waals surface area contributed by atoms with E-state index in [1.165, 1.54) is 0 Å². The number of anilines is 1. The first-order chi connectivity index (χ1) is 16.6. The average molecular weight is 494 g/mol. The van der Waals surface area contributed by atoms with Gasteiger partial charge in [-0.25, -0.2) is 13.8 Å². The second-order valence-electron chi connectivity index (χ2n) is 8.30. The van der Waals surface area contributed by atoms with Crippen molar-refractivity contribution in [2.45, 2.75) is 39.5 Å². The molecule has 0 aliphatic carbocycles. The monoisotopic (exact) mass is 493 g/mol. The summed E-state index contributed by atoms with van der Waals surface area (Å²) in [5.74, 6) is 0.199. The molecule has 0 aliphatic heterocycles. The Hall–Kier alpha value is -3.65. The minimum Gasteiger partial charge on any atom is -0.494 e. The molecular formula is C27H31N3O4S. The molecule has 0 saturated carbocycles. The molecule has 0 aromatic heterocycles. The minimum atomic E-state index is -3.99. The highest BCUT2D eigenvalue weighted by atomic mass is 32.2. The van der Waals surface area contributed by atoms with Gasteiger partial charge >= 0.3 is 0 Å². The molecule has 0 spiro atoms. The molecule has 1 amide bonds. The SMILES string of the molecule is CCOc1ccc(/C(C)=N\NC(=O)CN(c2ccc(C)cc2C)S(=O)(=O)c2ccc(C)cc2)cc1. The van der Waals surface area contributed by atoms with Gasteiger partial charge in [-0.1, -0.05) is 35.4 Å². The molecule has 3 aromatic carbocycles. The van der Waals surface area contributed by atoms with Crippen molar-refractivity contribution in [2.24, 2.45) is 5.10 Å². The fourth-order valence-electron chi connectivity index (χ4n) is 3.56. The van der Waals surface area contributed by atoms with Crippen molar-refractivity contribution in [1.82, 2.24) is 5.43 Å². The van der Waals surface area contributed by atoms with Crippen molar-refractivity contribution in [2.75, 3.05) is 17.5 Å². The second-order valence-corrected chi connectivity index (χ2v) is 10.2. The van der Waals surface area contributed by atoms with Crippen molar-refractivity contribution in [3.8, 4) is 5.75 Å². The number of rotatable bonds is 9. The zero-order chi connectivity index (χ0) is 25.6. The first-order valence-electron chi connectivity index (χ1n) is 11.3. The van der Waals surface area contributed by atoms with E-state index < -0.39 is 22.5 Å². The summed E-state index contributed by atoms with van der Waals surface area (Å²) in [5, 5.41) is 4.17. The van der Waals surface area contributed by atoms with E-state index in [2.05, 4.69) is 10.5 Å². The molecular weight excluding hydrogens is 462 g/mol. The van der Waals surface area contributed by atoms with E-state index >= 15 is 0 Å². The van der Waals surface area contributed by atoms with Crippen LogP contribution in [0.5, 0.6) is 5.75 Å². The largest absolute Gasteiger partial charge is 0.494 e. The third kappa shape index (κ3) is 6.48. The number of hydrazone groups is 1. The molecule has 3 rings (SSSR count). The van der Waals surface area contributed by atoms with Crippen LogP contribution < -0.4 is 14.5 Å². The number of amides is 1. The van der Waals surface area contributed by atoms with Crippen LogP contribution in [0.1, 0.15) is 36.1 Å². The lowest BCUT2D eigenvalue weighted by Gasteiger charge is -2.25. The Labute approximate surface area is 207 Å². The van der Waals surface area contributed by atoms with Gasteiger partial charge in [0.05, 0.1) is 22.9 Å². The molecule has 0 unspecified atom stereocenters. The summed E-state index contributed by atoms with van der Waals surface area (Å²) >= 11 is 0. The lowest BCUT2D eigenvalue weighted by molar-refractivity contribution is -0.119. The molecule has 0 saturated heterocycles. The van der Waals surface area contributed by atoms with Crippen molar-refractivity contribution in [3.05, 3.63) is 89.0 Å². The Kier molecular flexibility index (Phi) is 8.30. The molecule has 0 bridgehead atoms. The molecule has 35 heavy (non-hydrogen) atoms. The molecule has 0 radical (unpaired) electrons. The molecule has 0 atom stereocenters. The summed E-state index contributed by atoms with van der Waals surface area (Å²) in [6.07, 6.45) is 0. The standard InChI is InChI=1S/C27H31N3O4S/c1-6-34-24-12-10-23(11-13-24)22(5)28-29-27(31)18-30(26-16-9-20(3)17-21(26)4)35(32,33)25-14-7-19(2)8-15-25/h7-17H,6,18H2,1-5H3,(H,29,31)/b28-22-. The van der Waals surface area contributed by atoms with Gasteiger partial charge in [-0.15, -0.1) is 0 Å². The predicted molar refractivity (Wildman–Crippen MR) is 140 cm³/mol. The smallest absolute Gasteiger partial charge is 0.264 e. The fourth-order valence-corrected chi connectivity index (χ4v) is 5.04. The highest BCUT2D eigenvalue weighted by Gasteiger charge is 2.28. The quantitative estimate of drug-likeness (QED) is 0.344. The number of sulfonamides is 1. The maximum Gasteiger partial charge on any atom is 0.264 e. The van der Waals surface area contributed by atoms with Gasteiger partial charge in [-0.05, 0) is 88.2 Å². The van der Waals surface area contributed by atoms with Crippen LogP contribution in [0.15, 0.2) is 76.7 Å². The summed E-state index contributed by atoms with van der Waals surface area (Å²) in [6.45, 7) is 9.48. The van der Waals surface area contributed by atoms with Gasteiger partial charge < -0.3 is 4.74 Å². The van der Waals surface area contributed by atoms with E-state index in [4.69, 9.17) is 4.74 Å². The molecule has 3 aromatic rings. The Bertz CT molecular complexity index is 1320. The highest BCUT2D eigenvalue weighted by molar-refractivity contribution is 7.92. The maximum atomic E-state index is 13.6. The van der Waals surface area contributed by atoms with Gasteiger partial charge in [-0.3, -0.25) is 9.10 Å². The Morgan fingerprint density at radius 1 is 0.943 bits per heavy atom. The lowest BCUT2D eigenvalue weighted by Crippen LogP contribution is -2.40. The zero-order valence-electron chi connectivity index (χ0n) is 20.7. The van der Waals surface area contributed by atoms with E-state index in [0.717, 1.165) is 32.3 Å². The van der Waals surface area contributed by atoms with Gasteiger partial charge in [0.1, 0.15) is 12.3 Å². The Morgan fingerprint density at radius 3 is 2.17 bits per heavy atom. The summed E-state index contributed by atoms with van der Waals surface area (Å²) in [7, 11) is -3.99. The van der Waals surface area contributed by atoms with Gasteiger partial charge in [0.2, 0.25) is 0 Å². The van der Waals surface area contributed by atoms with Crippen LogP contribution in [0.25, 0.3) is 0 Å². The highest BCUT2D eigenvalue weighted by Crippen LogP contribution is 2.27. The van der Waals surface area contributed by atoms with Crippen LogP contribution in [-0.4, -0.2) is 33.2 Å². The summed E-state index contributed by atoms with van der Waals surface area (Å²) in [4.78, 5) is 13.0. The third-order valence-corrected chi connectivity index (χ3v) is 7.22. The topological polar surface area (TPSA) is 88.1 Å². The maximum absolute atomic E-state index is 13.6. The third-order valence-electron chi connectivity index (χ3n) is 5.45. The van der Waals surface area contributed by atoms with Crippen LogP contribution >= 0.6 is 0 Å². The summed E-state index contributed by atoms with van der Waals surface area (Å²) in [6, 6.07) is 19.4. The average Bonchev–Trinajstić information content (AvgIpc) is 2.82. The first kappa shape index (κ1) is 26.0. The fraction of sp³-hybridized carbons (Fsp3) is 0.259. The normalized spacial score (nSPS) is 11.7. The number of carbonyl (C=O) groups is 1. The number of nitrogens with one attached hydrogen (secondary N) is 1. The van der Waals surface area contributed by atoms with Gasteiger partial charge in [0, 0.05) is 0 Å².